The fourth-order valence-corrected chi connectivity index (χ4v) is 3.51. The van der Waals surface area contributed by atoms with E-state index in [9.17, 15) is 9.90 Å². The number of rotatable bonds is 3. The van der Waals surface area contributed by atoms with Crippen LogP contribution in [0.25, 0.3) is 0 Å². The van der Waals surface area contributed by atoms with Crippen molar-refractivity contribution in [1.29, 1.82) is 0 Å². The molecule has 2 saturated heterocycles. The molecule has 2 heterocycles. The van der Waals surface area contributed by atoms with Gasteiger partial charge in [-0.05, 0) is 58.7 Å². The summed E-state index contributed by atoms with van der Waals surface area (Å²) < 4.78 is 0. The summed E-state index contributed by atoms with van der Waals surface area (Å²) in [5.74, 6) is -0.336. The third-order valence-electron chi connectivity index (χ3n) is 4.69. The van der Waals surface area contributed by atoms with Crippen LogP contribution in [0.1, 0.15) is 40.0 Å². The minimum atomic E-state index is -0.633. The van der Waals surface area contributed by atoms with E-state index in [4.69, 9.17) is 0 Å². The fraction of sp³-hybridized carbons (Fsp3) is 0.929. The van der Waals surface area contributed by atoms with Crippen molar-refractivity contribution in [3.05, 3.63) is 0 Å². The van der Waals surface area contributed by atoms with Crippen LogP contribution in [0.5, 0.6) is 0 Å². The molecular formula is C14H26N2O2. The van der Waals surface area contributed by atoms with E-state index in [0.29, 0.717) is 18.0 Å². The van der Waals surface area contributed by atoms with Crippen molar-refractivity contribution in [1.82, 2.24) is 9.80 Å². The predicted octanol–water partition coefficient (Wildman–Crippen LogP) is 1.65. The Bertz CT molecular complexity index is 298. The average molecular weight is 254 g/mol. The molecule has 0 bridgehead atoms. The number of likely N-dealkylation sites (tertiary alicyclic amines) is 2. The lowest BCUT2D eigenvalue weighted by atomic mass is 9.98. The molecule has 0 saturated carbocycles. The molecule has 0 amide bonds. The van der Waals surface area contributed by atoms with Crippen molar-refractivity contribution in [2.75, 3.05) is 19.6 Å². The zero-order valence-electron chi connectivity index (χ0n) is 11.8. The van der Waals surface area contributed by atoms with Crippen molar-refractivity contribution in [3.63, 3.8) is 0 Å². The number of aliphatic carboxylic acids is 1. The second kappa shape index (κ2) is 5.57. The third kappa shape index (κ3) is 2.69. The zero-order chi connectivity index (χ0) is 13.3. The normalized spacial score (nSPS) is 32.2. The highest BCUT2D eigenvalue weighted by Gasteiger charge is 2.41. The van der Waals surface area contributed by atoms with Gasteiger partial charge in [-0.15, -0.1) is 0 Å². The lowest BCUT2D eigenvalue weighted by Crippen LogP contribution is -2.51. The van der Waals surface area contributed by atoms with Crippen LogP contribution < -0.4 is 0 Å². The summed E-state index contributed by atoms with van der Waals surface area (Å²) in [6.45, 7) is 9.72. The molecule has 2 aliphatic heterocycles. The van der Waals surface area contributed by atoms with E-state index in [-0.39, 0.29) is 6.04 Å². The highest BCUT2D eigenvalue weighted by atomic mass is 16.4. The van der Waals surface area contributed by atoms with E-state index in [1.165, 1.54) is 0 Å². The van der Waals surface area contributed by atoms with Gasteiger partial charge >= 0.3 is 5.97 Å². The van der Waals surface area contributed by atoms with E-state index >= 15 is 0 Å². The summed E-state index contributed by atoms with van der Waals surface area (Å²) in [4.78, 5) is 16.1. The van der Waals surface area contributed by atoms with Gasteiger partial charge < -0.3 is 10.0 Å². The van der Waals surface area contributed by atoms with Gasteiger partial charge in [0.25, 0.3) is 0 Å². The van der Waals surface area contributed by atoms with Gasteiger partial charge in [0.05, 0.1) is 0 Å². The van der Waals surface area contributed by atoms with Crippen LogP contribution in [-0.2, 0) is 4.79 Å². The van der Waals surface area contributed by atoms with Gasteiger partial charge in [0, 0.05) is 12.1 Å². The molecule has 1 N–H and O–H groups in total. The Hall–Kier alpha value is -0.610. The molecule has 2 aliphatic rings. The number of hydrogen-bond donors (Lipinski definition) is 1. The molecule has 2 unspecified atom stereocenters. The molecule has 0 aromatic carbocycles. The molecule has 104 valence electrons. The number of hydrogen-bond acceptors (Lipinski definition) is 3. The first kappa shape index (κ1) is 13.8. The van der Waals surface area contributed by atoms with E-state index < -0.39 is 5.97 Å². The topological polar surface area (TPSA) is 43.8 Å². The first-order chi connectivity index (χ1) is 8.50. The molecule has 0 aromatic rings. The summed E-state index contributed by atoms with van der Waals surface area (Å²) >= 11 is 0. The molecule has 0 spiro atoms. The summed E-state index contributed by atoms with van der Waals surface area (Å²) in [7, 11) is 0. The molecule has 0 aliphatic carbocycles. The summed E-state index contributed by atoms with van der Waals surface area (Å²) in [5, 5.41) is 9.37. The van der Waals surface area contributed by atoms with Gasteiger partial charge in [-0.2, -0.15) is 0 Å². The highest BCUT2D eigenvalue weighted by molar-refractivity contribution is 5.74. The number of carboxylic acids is 1. The molecule has 4 heteroatoms. The Morgan fingerprint density at radius 3 is 2.28 bits per heavy atom. The van der Waals surface area contributed by atoms with Gasteiger partial charge in [0.2, 0.25) is 0 Å². The Morgan fingerprint density at radius 2 is 1.78 bits per heavy atom. The molecular weight excluding hydrogens is 228 g/mol. The van der Waals surface area contributed by atoms with Crippen LogP contribution >= 0.6 is 0 Å². The van der Waals surface area contributed by atoms with E-state index in [2.05, 4.69) is 30.6 Å². The minimum absolute atomic E-state index is 0.249. The first-order valence-corrected chi connectivity index (χ1v) is 7.23. The average Bonchev–Trinajstić information content (AvgIpc) is 2.71. The maximum atomic E-state index is 11.4. The van der Waals surface area contributed by atoms with Crippen LogP contribution in [0.2, 0.25) is 0 Å². The maximum Gasteiger partial charge on any atom is 0.321 e. The monoisotopic (exact) mass is 254 g/mol. The molecule has 4 nitrogen and oxygen atoms in total. The Kier molecular flexibility index (Phi) is 4.28. The van der Waals surface area contributed by atoms with Crippen LogP contribution in [0.3, 0.4) is 0 Å². The van der Waals surface area contributed by atoms with Crippen molar-refractivity contribution >= 4 is 5.97 Å². The van der Waals surface area contributed by atoms with Gasteiger partial charge in [-0.1, -0.05) is 6.92 Å². The van der Waals surface area contributed by atoms with Crippen molar-refractivity contribution < 1.29 is 9.90 Å². The second-order valence-corrected chi connectivity index (χ2v) is 6.15. The Morgan fingerprint density at radius 1 is 1.17 bits per heavy atom. The quantitative estimate of drug-likeness (QED) is 0.832. The SMILES string of the molecule is CC1CCN(C2CCN(C(C)C)CC2)C1C(=O)O. The van der Waals surface area contributed by atoms with Crippen LogP contribution in [0.15, 0.2) is 0 Å². The molecule has 2 fully saturated rings. The van der Waals surface area contributed by atoms with Crippen LogP contribution in [0, 0.1) is 5.92 Å². The number of carboxylic acid groups (broad SMARTS) is 1. The summed E-state index contributed by atoms with van der Waals surface area (Å²) in [5.41, 5.74) is 0. The molecule has 2 atom stereocenters. The Balaban J connectivity index is 1.95. The standard InChI is InChI=1S/C14H26N2O2/c1-10(2)15-7-5-12(6-8-15)16-9-4-11(3)13(16)14(17)18/h10-13H,4-9H2,1-3H3,(H,17,18). The fourth-order valence-electron chi connectivity index (χ4n) is 3.51. The lowest BCUT2D eigenvalue weighted by molar-refractivity contribution is -0.144. The molecule has 0 aromatic heterocycles. The zero-order valence-corrected chi connectivity index (χ0v) is 11.8. The maximum absolute atomic E-state index is 11.4. The summed E-state index contributed by atoms with van der Waals surface area (Å²) in [6, 6.07) is 0.838. The van der Waals surface area contributed by atoms with E-state index in [1.807, 2.05) is 0 Å². The smallest absolute Gasteiger partial charge is 0.321 e. The number of piperidine rings is 1. The number of nitrogens with zero attached hydrogens (tertiary/aromatic N) is 2. The predicted molar refractivity (Wildman–Crippen MR) is 71.6 cm³/mol. The molecule has 0 radical (unpaired) electrons. The highest BCUT2D eigenvalue weighted by Crippen LogP contribution is 2.30. The summed E-state index contributed by atoms with van der Waals surface area (Å²) in [6.07, 6.45) is 3.27. The van der Waals surface area contributed by atoms with Crippen LogP contribution in [0.4, 0.5) is 0 Å². The van der Waals surface area contributed by atoms with Gasteiger partial charge in [-0.3, -0.25) is 9.69 Å². The van der Waals surface area contributed by atoms with E-state index in [1.54, 1.807) is 0 Å². The van der Waals surface area contributed by atoms with Crippen LogP contribution in [-0.4, -0.2) is 58.6 Å². The Labute approximate surface area is 110 Å². The van der Waals surface area contributed by atoms with Crippen molar-refractivity contribution in [2.45, 2.75) is 58.2 Å². The van der Waals surface area contributed by atoms with Gasteiger partial charge in [0.15, 0.2) is 0 Å². The van der Waals surface area contributed by atoms with E-state index in [0.717, 1.165) is 38.9 Å². The lowest BCUT2D eigenvalue weighted by Gasteiger charge is -2.40. The molecule has 18 heavy (non-hydrogen) atoms. The van der Waals surface area contributed by atoms with Gasteiger partial charge in [-0.25, -0.2) is 0 Å². The number of carbonyl (C=O) groups is 1. The van der Waals surface area contributed by atoms with Crippen molar-refractivity contribution in [3.8, 4) is 0 Å². The molecule has 2 rings (SSSR count). The second-order valence-electron chi connectivity index (χ2n) is 6.15. The largest absolute Gasteiger partial charge is 0.480 e. The first-order valence-electron chi connectivity index (χ1n) is 7.23. The van der Waals surface area contributed by atoms with Gasteiger partial charge in [0.1, 0.15) is 6.04 Å². The minimum Gasteiger partial charge on any atom is -0.480 e. The third-order valence-corrected chi connectivity index (χ3v) is 4.69. The van der Waals surface area contributed by atoms with Crippen molar-refractivity contribution in [2.24, 2.45) is 5.92 Å².